The van der Waals surface area contributed by atoms with Crippen LogP contribution >= 0.6 is 15.9 Å². The van der Waals surface area contributed by atoms with Crippen LogP contribution in [0.4, 0.5) is 14.6 Å². The van der Waals surface area contributed by atoms with Gasteiger partial charge in [-0.25, -0.2) is 13.8 Å². The van der Waals surface area contributed by atoms with E-state index >= 15 is 0 Å². The molecular formula is C11H8BrF2N3O. The Morgan fingerprint density at radius 3 is 2.83 bits per heavy atom. The second kappa shape index (κ2) is 5.26. The number of benzene rings is 1. The maximum atomic E-state index is 13.0. The van der Waals surface area contributed by atoms with Gasteiger partial charge in [-0.1, -0.05) is 6.07 Å². The molecule has 94 valence electrons. The summed E-state index contributed by atoms with van der Waals surface area (Å²) in [5.74, 6) is -1.47. The van der Waals surface area contributed by atoms with Gasteiger partial charge in [-0.15, -0.1) is 0 Å². The number of nitrogens with zero attached hydrogens (tertiary/aromatic N) is 1. The number of halogens is 3. The lowest BCUT2D eigenvalue weighted by Gasteiger charge is -2.06. The number of hydrogen-bond acceptors (Lipinski definition) is 3. The highest BCUT2D eigenvalue weighted by molar-refractivity contribution is 9.10. The minimum absolute atomic E-state index is 0.228. The van der Waals surface area contributed by atoms with Gasteiger partial charge in [0.05, 0.1) is 6.33 Å². The highest BCUT2D eigenvalue weighted by atomic mass is 79.9. The summed E-state index contributed by atoms with van der Waals surface area (Å²) >= 11 is 3.08. The molecule has 2 N–H and O–H groups in total. The lowest BCUT2D eigenvalue weighted by molar-refractivity contribution is 0.507. The Balaban J connectivity index is 2.14. The van der Waals surface area contributed by atoms with E-state index in [0.29, 0.717) is 11.4 Å². The fraction of sp³-hybridized carbons (Fsp3) is 0.0909. The SMILES string of the molecule is O=c1[nH]cnc(NCc2ccc(F)c(F)c2)c1Br. The minimum Gasteiger partial charge on any atom is -0.365 e. The number of anilines is 1. The molecule has 0 bridgehead atoms. The van der Waals surface area contributed by atoms with Gasteiger partial charge >= 0.3 is 0 Å². The van der Waals surface area contributed by atoms with Crippen molar-refractivity contribution >= 4 is 21.7 Å². The van der Waals surface area contributed by atoms with Crippen LogP contribution in [0.5, 0.6) is 0 Å². The van der Waals surface area contributed by atoms with Crippen molar-refractivity contribution in [1.82, 2.24) is 9.97 Å². The van der Waals surface area contributed by atoms with Crippen LogP contribution in [0.15, 0.2) is 33.8 Å². The van der Waals surface area contributed by atoms with Gasteiger partial charge in [0.15, 0.2) is 11.6 Å². The normalized spacial score (nSPS) is 10.4. The summed E-state index contributed by atoms with van der Waals surface area (Å²) in [6.07, 6.45) is 1.25. The van der Waals surface area contributed by atoms with Crippen LogP contribution in [-0.2, 0) is 6.54 Å². The van der Waals surface area contributed by atoms with E-state index in [9.17, 15) is 13.6 Å². The lowest BCUT2D eigenvalue weighted by atomic mass is 10.2. The quantitative estimate of drug-likeness (QED) is 0.914. The fourth-order valence-electron chi connectivity index (χ4n) is 1.34. The molecular weight excluding hydrogens is 308 g/mol. The number of nitrogens with one attached hydrogen (secondary N) is 2. The first-order chi connectivity index (χ1) is 8.58. The fourth-order valence-corrected chi connectivity index (χ4v) is 1.70. The Kier molecular flexibility index (Phi) is 3.71. The molecule has 4 nitrogen and oxygen atoms in total. The largest absolute Gasteiger partial charge is 0.365 e. The Morgan fingerprint density at radius 2 is 2.11 bits per heavy atom. The molecule has 1 aromatic carbocycles. The molecule has 0 saturated heterocycles. The predicted octanol–water partition coefficient (Wildman–Crippen LogP) is 2.42. The first-order valence-corrected chi connectivity index (χ1v) is 5.78. The zero-order chi connectivity index (χ0) is 13.1. The molecule has 1 aromatic heterocycles. The van der Waals surface area contributed by atoms with Crippen molar-refractivity contribution in [3.8, 4) is 0 Å². The molecule has 0 spiro atoms. The zero-order valence-corrected chi connectivity index (χ0v) is 10.6. The molecule has 18 heavy (non-hydrogen) atoms. The summed E-state index contributed by atoms with van der Waals surface area (Å²) in [4.78, 5) is 17.6. The smallest absolute Gasteiger partial charge is 0.267 e. The lowest BCUT2D eigenvalue weighted by Crippen LogP contribution is -2.12. The van der Waals surface area contributed by atoms with Crippen LogP contribution in [0.25, 0.3) is 0 Å². The van der Waals surface area contributed by atoms with Gasteiger partial charge in [0.1, 0.15) is 10.3 Å². The zero-order valence-electron chi connectivity index (χ0n) is 9.01. The Labute approximate surface area is 109 Å². The molecule has 7 heteroatoms. The first kappa shape index (κ1) is 12.7. The molecule has 2 aromatic rings. The standard InChI is InChI=1S/C11H8BrF2N3O/c12-9-10(16-5-17-11(9)18)15-4-6-1-2-7(13)8(14)3-6/h1-3,5H,4H2,(H2,15,16,17,18). The third-order valence-electron chi connectivity index (χ3n) is 2.24. The molecule has 2 rings (SSSR count). The van der Waals surface area contributed by atoms with E-state index in [1.54, 1.807) is 0 Å². The maximum absolute atomic E-state index is 13.0. The molecule has 0 amide bonds. The van der Waals surface area contributed by atoms with E-state index in [4.69, 9.17) is 0 Å². The van der Waals surface area contributed by atoms with Gasteiger partial charge in [-0.05, 0) is 33.6 Å². The van der Waals surface area contributed by atoms with Crippen LogP contribution in [0.1, 0.15) is 5.56 Å². The Hall–Kier alpha value is -1.76. The molecule has 0 aliphatic rings. The summed E-state index contributed by atoms with van der Waals surface area (Å²) < 4.78 is 25.9. The van der Waals surface area contributed by atoms with E-state index in [2.05, 4.69) is 31.2 Å². The Bertz CT molecular complexity index is 630. The second-order valence-electron chi connectivity index (χ2n) is 3.50. The minimum atomic E-state index is -0.910. The number of hydrogen-bond donors (Lipinski definition) is 2. The topological polar surface area (TPSA) is 57.8 Å². The van der Waals surface area contributed by atoms with E-state index in [0.717, 1.165) is 12.1 Å². The highest BCUT2D eigenvalue weighted by Crippen LogP contribution is 2.15. The van der Waals surface area contributed by atoms with Gasteiger partial charge in [-0.3, -0.25) is 4.79 Å². The molecule has 0 fully saturated rings. The third kappa shape index (κ3) is 2.73. The van der Waals surface area contributed by atoms with E-state index in [1.165, 1.54) is 12.4 Å². The van der Waals surface area contributed by atoms with Gasteiger partial charge < -0.3 is 10.3 Å². The van der Waals surface area contributed by atoms with Crippen LogP contribution in [-0.4, -0.2) is 9.97 Å². The molecule has 0 unspecified atom stereocenters. The van der Waals surface area contributed by atoms with E-state index in [-0.39, 0.29) is 16.6 Å². The molecule has 0 atom stereocenters. The van der Waals surface area contributed by atoms with Crippen molar-refractivity contribution < 1.29 is 8.78 Å². The summed E-state index contributed by atoms with van der Waals surface area (Å²) in [5.41, 5.74) is 0.223. The Morgan fingerprint density at radius 1 is 1.33 bits per heavy atom. The number of rotatable bonds is 3. The summed E-state index contributed by atoms with van der Waals surface area (Å²) in [6.45, 7) is 0.228. The average Bonchev–Trinajstić information content (AvgIpc) is 2.35. The van der Waals surface area contributed by atoms with Crippen LogP contribution in [0, 0.1) is 11.6 Å². The van der Waals surface area contributed by atoms with Crippen LogP contribution in [0.3, 0.4) is 0 Å². The number of aromatic amines is 1. The molecule has 0 aliphatic carbocycles. The maximum Gasteiger partial charge on any atom is 0.267 e. The summed E-state index contributed by atoms with van der Waals surface area (Å²) in [5, 5.41) is 2.85. The van der Waals surface area contributed by atoms with Crippen molar-refractivity contribution in [1.29, 1.82) is 0 Å². The highest BCUT2D eigenvalue weighted by Gasteiger charge is 2.06. The van der Waals surface area contributed by atoms with E-state index in [1.807, 2.05) is 0 Å². The first-order valence-electron chi connectivity index (χ1n) is 4.99. The van der Waals surface area contributed by atoms with Crippen molar-refractivity contribution in [3.05, 3.63) is 56.6 Å². The summed E-state index contributed by atoms with van der Waals surface area (Å²) in [6, 6.07) is 3.59. The van der Waals surface area contributed by atoms with Gasteiger partial charge in [-0.2, -0.15) is 0 Å². The van der Waals surface area contributed by atoms with Crippen LogP contribution in [0.2, 0.25) is 0 Å². The second-order valence-corrected chi connectivity index (χ2v) is 4.29. The van der Waals surface area contributed by atoms with Crippen molar-refractivity contribution in [2.24, 2.45) is 0 Å². The average molecular weight is 316 g/mol. The van der Waals surface area contributed by atoms with Crippen molar-refractivity contribution in [3.63, 3.8) is 0 Å². The summed E-state index contributed by atoms with van der Waals surface area (Å²) in [7, 11) is 0. The number of H-pyrrole nitrogens is 1. The molecule has 0 aliphatic heterocycles. The van der Waals surface area contributed by atoms with Crippen molar-refractivity contribution in [2.75, 3.05) is 5.32 Å². The molecule has 1 heterocycles. The molecule has 0 radical (unpaired) electrons. The molecule has 0 saturated carbocycles. The van der Waals surface area contributed by atoms with Gasteiger partial charge in [0.2, 0.25) is 0 Å². The third-order valence-corrected chi connectivity index (χ3v) is 2.98. The van der Waals surface area contributed by atoms with Gasteiger partial charge in [0.25, 0.3) is 5.56 Å². The van der Waals surface area contributed by atoms with Gasteiger partial charge in [0, 0.05) is 6.54 Å². The van der Waals surface area contributed by atoms with Crippen LogP contribution < -0.4 is 10.9 Å². The van der Waals surface area contributed by atoms with Crippen molar-refractivity contribution in [2.45, 2.75) is 6.54 Å². The van der Waals surface area contributed by atoms with E-state index < -0.39 is 11.6 Å². The monoisotopic (exact) mass is 315 g/mol. The predicted molar refractivity (Wildman–Crippen MR) is 66.2 cm³/mol. The number of aromatic nitrogens is 2.